The first-order valence-corrected chi connectivity index (χ1v) is 7.85. The van der Waals surface area contributed by atoms with Crippen molar-refractivity contribution in [3.8, 4) is 0 Å². The first-order valence-electron chi connectivity index (χ1n) is 5.92. The summed E-state index contributed by atoms with van der Waals surface area (Å²) in [6.45, 7) is 6.42. The van der Waals surface area contributed by atoms with Crippen LogP contribution in [-0.2, 0) is 13.3 Å². The summed E-state index contributed by atoms with van der Waals surface area (Å²) in [6, 6.07) is 0.899. The topological polar surface area (TPSA) is 27.7 Å². The Morgan fingerprint density at radius 2 is 1.67 bits per heavy atom. The third kappa shape index (κ3) is 5.66. The van der Waals surface area contributed by atoms with Crippen molar-refractivity contribution in [3.63, 3.8) is 0 Å². The van der Waals surface area contributed by atoms with E-state index in [1.165, 1.54) is 12.8 Å². The van der Waals surface area contributed by atoms with Gasteiger partial charge >= 0.3 is 8.80 Å². The minimum Gasteiger partial charge on any atom is -0.377 e. The van der Waals surface area contributed by atoms with Crippen molar-refractivity contribution in [2.24, 2.45) is 0 Å². The van der Waals surface area contributed by atoms with Crippen LogP contribution in [0.4, 0.5) is 0 Å². The highest BCUT2D eigenvalue weighted by Crippen LogP contribution is 2.19. The average Bonchev–Trinajstić information content (AvgIpc) is 2.25. The molecule has 0 radical (unpaired) electrons. The summed E-state index contributed by atoms with van der Waals surface area (Å²) in [4.78, 5) is 0. The number of hydrogen-bond acceptors (Lipinski definition) is 3. The fourth-order valence-corrected chi connectivity index (χ4v) is 3.83. The molecule has 0 aromatic carbocycles. The lowest BCUT2D eigenvalue weighted by atomic mass is 10.2. The zero-order valence-corrected chi connectivity index (χ0v) is 11.8. The van der Waals surface area contributed by atoms with Crippen LogP contribution in [0, 0.1) is 0 Å². The van der Waals surface area contributed by atoms with Crippen molar-refractivity contribution in [2.75, 3.05) is 14.2 Å². The summed E-state index contributed by atoms with van der Waals surface area (Å²) in [5.41, 5.74) is 0. The summed E-state index contributed by atoms with van der Waals surface area (Å²) >= 11 is 0. The van der Waals surface area contributed by atoms with Crippen molar-refractivity contribution in [3.05, 3.63) is 0 Å². The Morgan fingerprint density at radius 1 is 1.07 bits per heavy atom. The minimum absolute atomic E-state index is 0.239. The molecule has 0 N–H and O–H groups in total. The van der Waals surface area contributed by atoms with Crippen LogP contribution in [-0.4, -0.2) is 29.1 Å². The van der Waals surface area contributed by atoms with Gasteiger partial charge in [-0.3, -0.25) is 0 Å². The van der Waals surface area contributed by atoms with E-state index in [1.807, 2.05) is 0 Å². The van der Waals surface area contributed by atoms with Gasteiger partial charge in [-0.2, -0.15) is 0 Å². The summed E-state index contributed by atoms with van der Waals surface area (Å²) in [6.07, 6.45) is 4.76. The van der Waals surface area contributed by atoms with Gasteiger partial charge < -0.3 is 13.3 Å². The number of hydrogen-bond donors (Lipinski definition) is 0. The molecule has 0 fully saturated rings. The zero-order chi connectivity index (χ0) is 11.7. The Morgan fingerprint density at radius 3 is 2.07 bits per heavy atom. The Balaban J connectivity index is 4.13. The first-order chi connectivity index (χ1) is 7.14. The highest BCUT2D eigenvalue weighted by molar-refractivity contribution is 6.60. The third-order valence-corrected chi connectivity index (χ3v) is 5.64. The maximum Gasteiger partial charge on any atom is 0.500 e. The molecule has 4 heteroatoms. The van der Waals surface area contributed by atoms with Gasteiger partial charge in [-0.15, -0.1) is 0 Å². The van der Waals surface area contributed by atoms with Gasteiger partial charge in [0.2, 0.25) is 0 Å². The molecule has 0 aromatic heterocycles. The molecule has 0 aliphatic carbocycles. The van der Waals surface area contributed by atoms with Crippen LogP contribution >= 0.6 is 0 Å². The van der Waals surface area contributed by atoms with Gasteiger partial charge in [0, 0.05) is 26.4 Å². The van der Waals surface area contributed by atoms with E-state index >= 15 is 0 Å². The normalized spacial score (nSPS) is 14.2. The Labute approximate surface area is 95.5 Å². The fraction of sp³-hybridized carbons (Fsp3) is 1.00. The number of rotatable bonds is 9. The zero-order valence-electron chi connectivity index (χ0n) is 10.8. The largest absolute Gasteiger partial charge is 0.500 e. The van der Waals surface area contributed by atoms with Crippen LogP contribution in [0.5, 0.6) is 0 Å². The molecule has 15 heavy (non-hydrogen) atoms. The predicted molar refractivity (Wildman–Crippen MR) is 64.9 cm³/mol. The van der Waals surface area contributed by atoms with Gasteiger partial charge in [-0.05, 0) is 13.3 Å². The molecule has 0 bridgehead atoms. The van der Waals surface area contributed by atoms with Crippen LogP contribution in [0.1, 0.15) is 46.5 Å². The molecule has 0 heterocycles. The van der Waals surface area contributed by atoms with Gasteiger partial charge in [0.1, 0.15) is 0 Å². The lowest BCUT2D eigenvalue weighted by Gasteiger charge is -2.29. The molecule has 0 amide bonds. The molecule has 92 valence electrons. The molecular weight excluding hydrogens is 208 g/mol. The maximum absolute atomic E-state index is 5.97. The molecule has 0 saturated carbocycles. The van der Waals surface area contributed by atoms with Crippen LogP contribution in [0.15, 0.2) is 0 Å². The van der Waals surface area contributed by atoms with Crippen molar-refractivity contribution in [2.45, 2.75) is 58.6 Å². The molecule has 0 aromatic rings. The summed E-state index contributed by atoms with van der Waals surface area (Å²) in [5, 5.41) is 0. The Hall–Kier alpha value is 0.0969. The standard InChI is InChI=1S/C11H26O3Si/c1-6-8-9-11(3)14-15(12-4,13-5)10-7-2/h11H,6-10H2,1-5H3. The molecule has 1 unspecified atom stereocenters. The number of unbranched alkanes of at least 4 members (excludes halogenated alkanes) is 1. The van der Waals surface area contributed by atoms with Crippen molar-refractivity contribution in [1.29, 1.82) is 0 Å². The molecule has 0 aliphatic heterocycles. The second-order valence-corrected chi connectivity index (χ2v) is 6.83. The summed E-state index contributed by atoms with van der Waals surface area (Å²) < 4.78 is 16.9. The van der Waals surface area contributed by atoms with Crippen molar-refractivity contribution >= 4 is 8.80 Å². The van der Waals surface area contributed by atoms with E-state index < -0.39 is 8.80 Å². The minimum atomic E-state index is -2.36. The van der Waals surface area contributed by atoms with Crippen LogP contribution in [0.3, 0.4) is 0 Å². The van der Waals surface area contributed by atoms with Crippen molar-refractivity contribution < 1.29 is 13.3 Å². The molecule has 0 spiro atoms. The monoisotopic (exact) mass is 234 g/mol. The molecule has 0 rings (SSSR count). The SMILES string of the molecule is CCCCC(C)O[Si](CCC)(OC)OC. The lowest BCUT2D eigenvalue weighted by molar-refractivity contribution is 0.0580. The van der Waals surface area contributed by atoms with E-state index in [1.54, 1.807) is 14.2 Å². The quantitative estimate of drug-likeness (QED) is 0.573. The van der Waals surface area contributed by atoms with Gasteiger partial charge in [-0.1, -0.05) is 33.1 Å². The second kappa shape index (κ2) is 8.27. The third-order valence-electron chi connectivity index (χ3n) is 2.52. The van der Waals surface area contributed by atoms with Gasteiger partial charge in [0.15, 0.2) is 0 Å². The molecular formula is C11H26O3Si. The van der Waals surface area contributed by atoms with E-state index in [4.69, 9.17) is 13.3 Å². The fourth-order valence-electron chi connectivity index (χ4n) is 1.61. The van der Waals surface area contributed by atoms with Gasteiger partial charge in [0.05, 0.1) is 0 Å². The average molecular weight is 234 g/mol. The first kappa shape index (κ1) is 15.1. The Bertz CT molecular complexity index is 149. The van der Waals surface area contributed by atoms with E-state index in [0.29, 0.717) is 0 Å². The van der Waals surface area contributed by atoms with Crippen LogP contribution in [0.25, 0.3) is 0 Å². The lowest BCUT2D eigenvalue weighted by Crippen LogP contribution is -2.46. The van der Waals surface area contributed by atoms with E-state index in [0.717, 1.165) is 18.9 Å². The van der Waals surface area contributed by atoms with E-state index in [-0.39, 0.29) is 6.10 Å². The summed E-state index contributed by atoms with van der Waals surface area (Å²) in [5.74, 6) is 0. The van der Waals surface area contributed by atoms with Crippen LogP contribution in [0.2, 0.25) is 6.04 Å². The van der Waals surface area contributed by atoms with E-state index in [2.05, 4.69) is 20.8 Å². The smallest absolute Gasteiger partial charge is 0.377 e. The second-order valence-electron chi connectivity index (χ2n) is 3.91. The molecule has 0 saturated heterocycles. The Kier molecular flexibility index (Phi) is 8.33. The van der Waals surface area contributed by atoms with Gasteiger partial charge in [0.25, 0.3) is 0 Å². The molecule has 0 aliphatic rings. The predicted octanol–water partition coefficient (Wildman–Crippen LogP) is 3.22. The highest BCUT2D eigenvalue weighted by Gasteiger charge is 2.39. The van der Waals surface area contributed by atoms with Crippen LogP contribution < -0.4 is 0 Å². The molecule has 1 atom stereocenters. The molecule has 3 nitrogen and oxygen atoms in total. The van der Waals surface area contributed by atoms with Crippen molar-refractivity contribution in [1.82, 2.24) is 0 Å². The maximum atomic E-state index is 5.97. The summed E-state index contributed by atoms with van der Waals surface area (Å²) in [7, 11) is 1.03. The highest BCUT2D eigenvalue weighted by atomic mass is 28.4. The van der Waals surface area contributed by atoms with Gasteiger partial charge in [-0.25, -0.2) is 0 Å². The van der Waals surface area contributed by atoms with E-state index in [9.17, 15) is 0 Å².